The van der Waals surface area contributed by atoms with E-state index in [1.165, 1.54) is 19.1 Å². The number of aliphatic hydroxyl groups is 1. The van der Waals surface area contributed by atoms with Gasteiger partial charge in [-0.3, -0.25) is 0 Å². The molecule has 0 amide bonds. The molecule has 0 unspecified atom stereocenters. The Morgan fingerprint density at radius 2 is 2.08 bits per heavy atom. The fraction of sp³-hybridized carbons (Fsp3) is 0.333. The van der Waals surface area contributed by atoms with E-state index < -0.39 is 18.0 Å². The molecule has 4 N–H and O–H groups in total. The number of phenolic OH excluding ortho intramolecular Hbond substituents is 1. The molecular formula is C9H12FNO2. The van der Waals surface area contributed by atoms with E-state index in [4.69, 9.17) is 15.9 Å². The monoisotopic (exact) mass is 185 g/mol. The Morgan fingerprint density at radius 1 is 1.46 bits per heavy atom. The second-order valence-electron chi connectivity index (χ2n) is 2.97. The minimum absolute atomic E-state index is 0.154. The Bertz CT molecular complexity index is 302. The predicted octanol–water partition coefficient (Wildman–Crippen LogP) is 0.912. The molecule has 1 aromatic carbocycles. The molecule has 0 aliphatic heterocycles. The number of benzene rings is 1. The van der Waals surface area contributed by atoms with E-state index in [1.54, 1.807) is 0 Å². The third-order valence-corrected chi connectivity index (χ3v) is 1.86. The summed E-state index contributed by atoms with van der Waals surface area (Å²) in [5.41, 5.74) is 5.72. The highest BCUT2D eigenvalue weighted by molar-refractivity contribution is 5.30. The lowest BCUT2D eigenvalue weighted by Crippen LogP contribution is -2.24. The summed E-state index contributed by atoms with van der Waals surface area (Å²) in [4.78, 5) is 0. The van der Waals surface area contributed by atoms with E-state index in [2.05, 4.69) is 0 Å². The molecule has 0 radical (unpaired) electrons. The first-order valence-corrected chi connectivity index (χ1v) is 3.94. The lowest BCUT2D eigenvalue weighted by Gasteiger charge is -2.15. The van der Waals surface area contributed by atoms with E-state index >= 15 is 0 Å². The lowest BCUT2D eigenvalue weighted by molar-refractivity contribution is 0.162. The molecule has 0 aliphatic carbocycles. The molecule has 1 rings (SSSR count). The Kier molecular flexibility index (Phi) is 2.85. The first kappa shape index (κ1) is 9.95. The molecule has 0 aromatic heterocycles. The van der Waals surface area contributed by atoms with Gasteiger partial charge in [-0.15, -0.1) is 0 Å². The van der Waals surface area contributed by atoms with Crippen LogP contribution in [0.25, 0.3) is 0 Å². The minimum Gasteiger partial charge on any atom is -0.508 e. The normalized spacial score (nSPS) is 15.4. The molecule has 3 nitrogen and oxygen atoms in total. The summed E-state index contributed by atoms with van der Waals surface area (Å²) in [6.45, 7) is 1.48. The van der Waals surface area contributed by atoms with Crippen molar-refractivity contribution in [2.45, 2.75) is 19.1 Å². The number of aromatic hydroxyl groups is 1. The first-order valence-electron chi connectivity index (χ1n) is 3.94. The zero-order valence-electron chi connectivity index (χ0n) is 7.24. The summed E-state index contributed by atoms with van der Waals surface area (Å²) in [5, 5.41) is 18.0. The van der Waals surface area contributed by atoms with Crippen molar-refractivity contribution in [3.8, 4) is 5.75 Å². The van der Waals surface area contributed by atoms with Gasteiger partial charge in [-0.2, -0.15) is 0 Å². The topological polar surface area (TPSA) is 66.5 Å². The van der Waals surface area contributed by atoms with Crippen molar-refractivity contribution >= 4 is 0 Å². The highest BCUT2D eigenvalue weighted by Crippen LogP contribution is 2.21. The highest BCUT2D eigenvalue weighted by Gasteiger charge is 2.16. The van der Waals surface area contributed by atoms with E-state index in [9.17, 15) is 4.39 Å². The van der Waals surface area contributed by atoms with Gasteiger partial charge in [0.2, 0.25) is 0 Å². The van der Waals surface area contributed by atoms with Crippen LogP contribution in [0, 0.1) is 5.82 Å². The molecule has 4 heteroatoms. The van der Waals surface area contributed by atoms with E-state index in [1.807, 2.05) is 0 Å². The maximum absolute atomic E-state index is 13.1. The fourth-order valence-electron chi connectivity index (χ4n) is 1.05. The molecule has 0 bridgehead atoms. The van der Waals surface area contributed by atoms with Crippen LogP contribution in [0.3, 0.4) is 0 Å². The van der Waals surface area contributed by atoms with E-state index in [0.29, 0.717) is 0 Å². The summed E-state index contributed by atoms with van der Waals surface area (Å²) in [7, 11) is 0. The average Bonchev–Trinajstić information content (AvgIpc) is 2.03. The summed E-state index contributed by atoms with van der Waals surface area (Å²) < 4.78 is 13.1. The van der Waals surface area contributed by atoms with Crippen LogP contribution in [0.15, 0.2) is 18.2 Å². The number of hydrogen-bond acceptors (Lipinski definition) is 3. The zero-order valence-corrected chi connectivity index (χ0v) is 7.24. The van der Waals surface area contributed by atoms with Crippen molar-refractivity contribution in [1.82, 2.24) is 0 Å². The van der Waals surface area contributed by atoms with Gasteiger partial charge in [0.25, 0.3) is 0 Å². The van der Waals surface area contributed by atoms with Gasteiger partial charge in [0.1, 0.15) is 11.6 Å². The van der Waals surface area contributed by atoms with Crippen LogP contribution < -0.4 is 5.73 Å². The van der Waals surface area contributed by atoms with Gasteiger partial charge in [-0.25, -0.2) is 4.39 Å². The van der Waals surface area contributed by atoms with Crippen molar-refractivity contribution in [3.05, 3.63) is 29.6 Å². The molecular weight excluding hydrogens is 173 g/mol. The second-order valence-corrected chi connectivity index (χ2v) is 2.97. The largest absolute Gasteiger partial charge is 0.508 e. The van der Waals surface area contributed by atoms with Crippen molar-refractivity contribution < 1.29 is 14.6 Å². The summed E-state index contributed by atoms with van der Waals surface area (Å²) in [6, 6.07) is 2.90. The van der Waals surface area contributed by atoms with Crippen LogP contribution in [0.2, 0.25) is 0 Å². The SMILES string of the molecule is C[C@H](O)[C@H](N)c1ccc(O)cc1F. The van der Waals surface area contributed by atoms with Crippen LogP contribution in [0.1, 0.15) is 18.5 Å². The van der Waals surface area contributed by atoms with Gasteiger partial charge in [-0.1, -0.05) is 6.07 Å². The van der Waals surface area contributed by atoms with E-state index in [-0.39, 0.29) is 11.3 Å². The molecule has 0 saturated carbocycles. The zero-order chi connectivity index (χ0) is 10.0. The van der Waals surface area contributed by atoms with Crippen molar-refractivity contribution in [2.75, 3.05) is 0 Å². The molecule has 0 heterocycles. The standard InChI is InChI=1S/C9H12FNO2/c1-5(12)9(11)7-3-2-6(13)4-8(7)10/h2-5,9,12-13H,11H2,1H3/t5-,9-/m0/s1. The van der Waals surface area contributed by atoms with E-state index in [0.717, 1.165) is 6.07 Å². The van der Waals surface area contributed by atoms with Crippen LogP contribution in [0.5, 0.6) is 5.75 Å². The molecule has 0 saturated heterocycles. The van der Waals surface area contributed by atoms with Gasteiger partial charge in [0.05, 0.1) is 12.1 Å². The van der Waals surface area contributed by atoms with Gasteiger partial charge < -0.3 is 15.9 Å². The summed E-state index contributed by atoms with van der Waals surface area (Å²) >= 11 is 0. The highest BCUT2D eigenvalue weighted by atomic mass is 19.1. The van der Waals surface area contributed by atoms with Crippen molar-refractivity contribution in [1.29, 1.82) is 0 Å². The number of rotatable bonds is 2. The number of hydrogen-bond donors (Lipinski definition) is 3. The molecule has 0 aliphatic rings. The maximum Gasteiger partial charge on any atom is 0.131 e. The Hall–Kier alpha value is -1.13. The minimum atomic E-state index is -0.820. The van der Waals surface area contributed by atoms with Crippen LogP contribution in [0.4, 0.5) is 4.39 Å². The van der Waals surface area contributed by atoms with Crippen LogP contribution in [-0.2, 0) is 0 Å². The van der Waals surface area contributed by atoms with Crippen molar-refractivity contribution in [3.63, 3.8) is 0 Å². The number of halogens is 1. The lowest BCUT2D eigenvalue weighted by atomic mass is 10.0. The molecule has 13 heavy (non-hydrogen) atoms. The average molecular weight is 185 g/mol. The van der Waals surface area contributed by atoms with Gasteiger partial charge in [0, 0.05) is 11.6 Å². The third kappa shape index (κ3) is 2.17. The predicted molar refractivity (Wildman–Crippen MR) is 46.7 cm³/mol. The van der Waals surface area contributed by atoms with Crippen molar-refractivity contribution in [2.24, 2.45) is 5.73 Å². The quantitative estimate of drug-likeness (QED) is 0.641. The Balaban J connectivity index is 3.01. The molecule has 0 spiro atoms. The van der Waals surface area contributed by atoms with Crippen LogP contribution in [-0.4, -0.2) is 16.3 Å². The molecule has 1 aromatic rings. The van der Waals surface area contributed by atoms with Gasteiger partial charge in [0.15, 0.2) is 0 Å². The summed E-state index contributed by atoms with van der Waals surface area (Å²) in [5.74, 6) is -0.757. The first-order chi connectivity index (χ1) is 6.02. The van der Waals surface area contributed by atoms with Crippen LogP contribution >= 0.6 is 0 Å². The smallest absolute Gasteiger partial charge is 0.131 e. The number of phenols is 1. The Morgan fingerprint density at radius 3 is 2.54 bits per heavy atom. The Labute approximate surface area is 75.6 Å². The third-order valence-electron chi connectivity index (χ3n) is 1.86. The maximum atomic E-state index is 13.1. The summed E-state index contributed by atoms with van der Waals surface area (Å²) in [6.07, 6.45) is -0.820. The number of aliphatic hydroxyl groups excluding tert-OH is 1. The second kappa shape index (κ2) is 3.72. The van der Waals surface area contributed by atoms with Gasteiger partial charge >= 0.3 is 0 Å². The molecule has 72 valence electrons. The molecule has 0 fully saturated rings. The number of nitrogens with two attached hydrogens (primary N) is 1. The fourth-order valence-corrected chi connectivity index (χ4v) is 1.05. The molecule has 2 atom stereocenters. The van der Waals surface area contributed by atoms with Gasteiger partial charge in [-0.05, 0) is 13.0 Å².